The highest BCUT2D eigenvalue weighted by Crippen LogP contribution is 2.48. The molecule has 0 spiro atoms. The summed E-state index contributed by atoms with van der Waals surface area (Å²) in [6, 6.07) is 8.47. The van der Waals surface area contributed by atoms with Crippen LogP contribution in [-0.2, 0) is 25.2 Å². The van der Waals surface area contributed by atoms with Crippen LogP contribution in [0.15, 0.2) is 47.4 Å². The van der Waals surface area contributed by atoms with Crippen LogP contribution in [0.5, 0.6) is 0 Å². The second kappa shape index (κ2) is 7.07. The maximum absolute atomic E-state index is 15.5. The Morgan fingerprint density at radius 1 is 1.07 bits per heavy atom. The molecule has 1 amide bonds. The van der Waals surface area contributed by atoms with Gasteiger partial charge in [-0.05, 0) is 56.2 Å². The average Bonchev–Trinajstić information content (AvgIpc) is 2.71. The number of nitrogens with one attached hydrogen (secondary N) is 1. The van der Waals surface area contributed by atoms with Gasteiger partial charge in [-0.2, -0.15) is 8.42 Å². The van der Waals surface area contributed by atoms with Crippen molar-refractivity contribution in [3.63, 3.8) is 0 Å². The average molecular weight is 443 g/mol. The first-order valence-electron chi connectivity index (χ1n) is 8.90. The minimum Gasteiger partial charge on any atom is -0.359 e. The Morgan fingerprint density at radius 2 is 1.70 bits per heavy atom. The largest absolute Gasteiger partial charge is 0.359 e. The number of carbonyl (C=O) groups excluding carboxylic acids is 1. The zero-order valence-electron chi connectivity index (χ0n) is 16.4. The Labute approximate surface area is 171 Å². The van der Waals surface area contributed by atoms with Crippen LogP contribution in [-0.4, -0.2) is 37.0 Å². The van der Waals surface area contributed by atoms with Crippen molar-refractivity contribution in [1.29, 1.82) is 0 Å². The molecule has 2 aromatic carbocycles. The molecule has 162 valence electrons. The molecule has 1 aliphatic heterocycles. The van der Waals surface area contributed by atoms with Crippen LogP contribution < -0.4 is 5.32 Å². The third kappa shape index (κ3) is 3.59. The Morgan fingerprint density at radius 3 is 2.33 bits per heavy atom. The Kier molecular flexibility index (Phi) is 5.25. The summed E-state index contributed by atoms with van der Waals surface area (Å²) in [4.78, 5) is 11.7. The summed E-state index contributed by atoms with van der Waals surface area (Å²) in [5.41, 5.74) is -4.58. The van der Waals surface area contributed by atoms with E-state index in [0.717, 1.165) is 45.0 Å². The normalized spacial score (nSPS) is 23.5. The van der Waals surface area contributed by atoms with Crippen molar-refractivity contribution in [2.75, 3.05) is 6.61 Å². The third-order valence-electron chi connectivity index (χ3n) is 5.31. The van der Waals surface area contributed by atoms with Crippen LogP contribution in [0.3, 0.4) is 0 Å². The van der Waals surface area contributed by atoms with Crippen LogP contribution in [0.4, 0.5) is 13.2 Å². The molecule has 1 heterocycles. The van der Waals surface area contributed by atoms with Gasteiger partial charge in [0.25, 0.3) is 10.1 Å². The van der Waals surface area contributed by atoms with Gasteiger partial charge in [0, 0.05) is 5.56 Å². The number of ether oxygens (including phenoxy) is 1. The van der Waals surface area contributed by atoms with E-state index in [-0.39, 0.29) is 11.1 Å². The van der Waals surface area contributed by atoms with Gasteiger partial charge in [-0.1, -0.05) is 18.2 Å². The highest BCUT2D eigenvalue weighted by atomic mass is 32.2. The molecule has 3 rings (SSSR count). The molecule has 0 bridgehead atoms. The Hall–Kier alpha value is -2.43. The van der Waals surface area contributed by atoms with Gasteiger partial charge in [0.05, 0.1) is 4.90 Å². The molecule has 1 fully saturated rings. The quantitative estimate of drug-likeness (QED) is 0.709. The van der Waals surface area contributed by atoms with E-state index in [9.17, 15) is 22.2 Å². The number of hydrogen-bond donors (Lipinski definition) is 2. The number of amides is 1. The van der Waals surface area contributed by atoms with E-state index >= 15 is 8.78 Å². The Balaban J connectivity index is 2.21. The summed E-state index contributed by atoms with van der Waals surface area (Å²) in [5.74, 6) is -5.53. The number of rotatable bonds is 3. The van der Waals surface area contributed by atoms with Crippen LogP contribution in [0.1, 0.15) is 26.3 Å². The summed E-state index contributed by atoms with van der Waals surface area (Å²) < 4.78 is 82.8. The maximum Gasteiger partial charge on any atom is 0.302 e. The van der Waals surface area contributed by atoms with Gasteiger partial charge in [0.2, 0.25) is 5.91 Å². The summed E-state index contributed by atoms with van der Waals surface area (Å²) in [7, 11) is -4.50. The molecule has 6 nitrogen and oxygen atoms in total. The van der Waals surface area contributed by atoms with E-state index < -0.39 is 56.0 Å². The molecule has 10 heteroatoms. The first-order chi connectivity index (χ1) is 13.7. The molecule has 30 heavy (non-hydrogen) atoms. The van der Waals surface area contributed by atoms with Crippen molar-refractivity contribution >= 4 is 16.0 Å². The number of carbonyl (C=O) groups is 1. The van der Waals surface area contributed by atoms with Gasteiger partial charge in [0.1, 0.15) is 23.6 Å². The highest BCUT2D eigenvalue weighted by Gasteiger charge is 2.64. The van der Waals surface area contributed by atoms with Gasteiger partial charge < -0.3 is 10.1 Å². The Bertz CT molecular complexity index is 1120. The van der Waals surface area contributed by atoms with Crippen LogP contribution in [0.25, 0.3) is 11.1 Å². The molecular weight excluding hydrogens is 423 g/mol. The first kappa shape index (κ1) is 22.3. The topological polar surface area (TPSA) is 92.7 Å². The van der Waals surface area contributed by atoms with Gasteiger partial charge >= 0.3 is 5.92 Å². The summed E-state index contributed by atoms with van der Waals surface area (Å²) in [6.45, 7) is 2.62. The van der Waals surface area contributed by atoms with E-state index in [0.29, 0.717) is 0 Å². The minimum absolute atomic E-state index is 0.214. The molecule has 2 N–H and O–H groups in total. The smallest absolute Gasteiger partial charge is 0.302 e. The third-order valence-corrected chi connectivity index (χ3v) is 6.16. The van der Waals surface area contributed by atoms with Crippen LogP contribution in [0, 0.1) is 5.82 Å². The van der Waals surface area contributed by atoms with Gasteiger partial charge in [-0.15, -0.1) is 0 Å². The summed E-state index contributed by atoms with van der Waals surface area (Å²) in [6.07, 6.45) is 0. The van der Waals surface area contributed by atoms with E-state index in [4.69, 9.17) is 4.74 Å². The van der Waals surface area contributed by atoms with E-state index in [1.165, 1.54) is 18.2 Å². The lowest BCUT2D eigenvalue weighted by Gasteiger charge is -2.43. The van der Waals surface area contributed by atoms with Crippen molar-refractivity contribution in [1.82, 2.24) is 5.32 Å². The maximum atomic E-state index is 15.5. The van der Waals surface area contributed by atoms with Gasteiger partial charge in [-0.3, -0.25) is 9.35 Å². The highest BCUT2D eigenvalue weighted by molar-refractivity contribution is 7.85. The SMILES string of the molecule is CC1(C)OCC(=O)NC(C)(c2cc(-c3cccc(S(=O)(=O)O)c3)ccc2F)C1(F)F. The standard InChI is InChI=1S/C20H20F3NO5S/c1-18(2)20(22,23)19(3,24-17(25)11-29-18)15-10-13(7-8-16(15)21)12-5-4-6-14(9-12)30(26,27)28/h4-10H,11H2,1-3H3,(H,24,25)(H,26,27,28). The minimum atomic E-state index is -4.50. The number of alkyl halides is 2. The molecule has 1 atom stereocenters. The molecule has 0 saturated carbocycles. The molecule has 0 aromatic heterocycles. The van der Waals surface area contributed by atoms with Crippen molar-refractivity contribution in [3.8, 4) is 11.1 Å². The van der Waals surface area contributed by atoms with Crippen LogP contribution in [0.2, 0.25) is 0 Å². The van der Waals surface area contributed by atoms with Crippen molar-refractivity contribution in [2.45, 2.75) is 42.7 Å². The molecular formula is C20H20F3NO5S. The summed E-state index contributed by atoms with van der Waals surface area (Å²) in [5, 5.41) is 2.18. The molecule has 0 aliphatic carbocycles. The fraction of sp³-hybridized carbons (Fsp3) is 0.350. The predicted molar refractivity (Wildman–Crippen MR) is 102 cm³/mol. The number of benzene rings is 2. The first-order valence-corrected chi connectivity index (χ1v) is 10.3. The zero-order chi connectivity index (χ0) is 22.5. The van der Waals surface area contributed by atoms with E-state index in [2.05, 4.69) is 5.32 Å². The lowest BCUT2D eigenvalue weighted by Crippen LogP contribution is -2.62. The van der Waals surface area contributed by atoms with Gasteiger partial charge in [-0.25, -0.2) is 13.2 Å². The second-order valence-corrected chi connectivity index (χ2v) is 9.17. The molecule has 1 unspecified atom stereocenters. The summed E-state index contributed by atoms with van der Waals surface area (Å²) >= 11 is 0. The molecule has 1 aliphatic rings. The predicted octanol–water partition coefficient (Wildman–Crippen LogP) is 3.51. The lowest BCUT2D eigenvalue weighted by molar-refractivity contribution is -0.216. The van der Waals surface area contributed by atoms with E-state index in [1.807, 2.05) is 0 Å². The lowest BCUT2D eigenvalue weighted by atomic mass is 9.77. The number of hydrogen-bond acceptors (Lipinski definition) is 4. The van der Waals surface area contributed by atoms with Crippen molar-refractivity contribution < 1.29 is 35.7 Å². The fourth-order valence-electron chi connectivity index (χ4n) is 3.49. The van der Waals surface area contributed by atoms with Crippen molar-refractivity contribution in [2.24, 2.45) is 0 Å². The second-order valence-electron chi connectivity index (χ2n) is 7.74. The molecule has 0 radical (unpaired) electrons. The monoisotopic (exact) mass is 443 g/mol. The van der Waals surface area contributed by atoms with Gasteiger partial charge in [0.15, 0.2) is 0 Å². The fourth-order valence-corrected chi connectivity index (χ4v) is 4.02. The van der Waals surface area contributed by atoms with Crippen LogP contribution >= 0.6 is 0 Å². The van der Waals surface area contributed by atoms with E-state index in [1.54, 1.807) is 0 Å². The number of halogens is 3. The zero-order valence-corrected chi connectivity index (χ0v) is 17.2. The molecule has 1 saturated heterocycles. The van der Waals surface area contributed by atoms with Crippen molar-refractivity contribution in [3.05, 3.63) is 53.8 Å². The molecule has 2 aromatic rings.